The van der Waals surface area contributed by atoms with E-state index in [1.54, 1.807) is 38.1 Å². The molecule has 0 fully saturated rings. The second-order valence-corrected chi connectivity index (χ2v) is 9.93. The molecular formula is C27H27ClN2O3. The van der Waals surface area contributed by atoms with Crippen LogP contribution < -0.4 is 10.1 Å². The summed E-state index contributed by atoms with van der Waals surface area (Å²) in [6, 6.07) is 20.5. The normalized spacial score (nSPS) is 12.1. The second kappa shape index (κ2) is 8.56. The molecule has 0 saturated heterocycles. The molecule has 1 N–H and O–H groups in total. The maximum Gasteiger partial charge on any atom is 0.267 e. The Morgan fingerprint density at radius 3 is 2.33 bits per heavy atom. The van der Waals surface area contributed by atoms with E-state index in [-0.39, 0.29) is 11.3 Å². The predicted octanol–water partition coefficient (Wildman–Crippen LogP) is 7.24. The lowest BCUT2D eigenvalue weighted by atomic mass is 9.87. The Morgan fingerprint density at radius 2 is 1.67 bits per heavy atom. The van der Waals surface area contributed by atoms with E-state index in [1.165, 1.54) is 5.56 Å². The Hall–Kier alpha value is -3.31. The van der Waals surface area contributed by atoms with Crippen LogP contribution in [0.5, 0.6) is 5.75 Å². The van der Waals surface area contributed by atoms with Crippen LogP contribution in [0.25, 0.3) is 22.6 Å². The van der Waals surface area contributed by atoms with Gasteiger partial charge in [0.15, 0.2) is 11.2 Å². The summed E-state index contributed by atoms with van der Waals surface area (Å²) in [5, 5.41) is 3.48. The van der Waals surface area contributed by atoms with Crippen molar-refractivity contribution in [3.63, 3.8) is 0 Å². The minimum Gasteiger partial charge on any atom is -0.478 e. The lowest BCUT2D eigenvalue weighted by molar-refractivity contribution is -0.128. The van der Waals surface area contributed by atoms with Crippen molar-refractivity contribution in [1.82, 2.24) is 4.98 Å². The SMILES string of the molecule is CC(C)(Oc1ccc(C(C)(C)C)cc1)C(=O)Nc1ccc2oc(-c3ccccc3Cl)nc2c1. The molecule has 0 saturated carbocycles. The number of carbonyl (C=O) groups is 1. The number of oxazole rings is 1. The molecule has 4 rings (SSSR count). The van der Waals surface area contributed by atoms with Gasteiger partial charge < -0.3 is 14.5 Å². The van der Waals surface area contributed by atoms with E-state index < -0.39 is 5.60 Å². The average Bonchev–Trinajstić information content (AvgIpc) is 3.16. The molecule has 1 amide bonds. The van der Waals surface area contributed by atoms with Crippen molar-refractivity contribution in [2.24, 2.45) is 0 Å². The molecule has 0 unspecified atom stereocenters. The molecule has 6 heteroatoms. The van der Waals surface area contributed by atoms with Gasteiger partial charge in [0.2, 0.25) is 5.89 Å². The first-order valence-electron chi connectivity index (χ1n) is 10.8. The van der Waals surface area contributed by atoms with E-state index >= 15 is 0 Å². The Kier molecular flexibility index (Phi) is 5.93. The summed E-state index contributed by atoms with van der Waals surface area (Å²) < 4.78 is 11.8. The molecule has 0 atom stereocenters. The summed E-state index contributed by atoms with van der Waals surface area (Å²) in [5.74, 6) is 0.803. The highest BCUT2D eigenvalue weighted by molar-refractivity contribution is 6.33. The zero-order valence-corrected chi connectivity index (χ0v) is 20.2. The summed E-state index contributed by atoms with van der Waals surface area (Å²) >= 11 is 6.26. The van der Waals surface area contributed by atoms with Crippen LogP contribution in [0.1, 0.15) is 40.2 Å². The van der Waals surface area contributed by atoms with Crippen LogP contribution in [-0.2, 0) is 10.2 Å². The van der Waals surface area contributed by atoms with Gasteiger partial charge in [0.05, 0.1) is 10.6 Å². The molecule has 0 aliphatic heterocycles. The number of nitrogens with one attached hydrogen (secondary N) is 1. The fraction of sp³-hybridized carbons (Fsp3) is 0.259. The summed E-state index contributed by atoms with van der Waals surface area (Å²) in [4.78, 5) is 17.5. The van der Waals surface area contributed by atoms with Crippen LogP contribution in [-0.4, -0.2) is 16.5 Å². The number of aromatic nitrogens is 1. The molecule has 0 aliphatic carbocycles. The number of amides is 1. The van der Waals surface area contributed by atoms with E-state index in [4.69, 9.17) is 20.8 Å². The third-order valence-corrected chi connectivity index (χ3v) is 5.72. The lowest BCUT2D eigenvalue weighted by Gasteiger charge is -2.26. The molecule has 1 aromatic heterocycles. The van der Waals surface area contributed by atoms with Gasteiger partial charge in [-0.05, 0) is 67.3 Å². The molecule has 1 heterocycles. The molecular weight excluding hydrogens is 436 g/mol. The maximum absolute atomic E-state index is 13.0. The first kappa shape index (κ1) is 22.9. The average molecular weight is 463 g/mol. The number of halogens is 1. The zero-order valence-electron chi connectivity index (χ0n) is 19.4. The number of hydrogen-bond acceptors (Lipinski definition) is 4. The number of nitrogens with zero attached hydrogens (tertiary/aromatic N) is 1. The van der Waals surface area contributed by atoms with E-state index in [0.717, 1.165) is 0 Å². The van der Waals surface area contributed by atoms with Gasteiger partial charge in [-0.15, -0.1) is 0 Å². The summed E-state index contributed by atoms with van der Waals surface area (Å²) in [5.41, 5.74) is 2.73. The van der Waals surface area contributed by atoms with Gasteiger partial charge in [-0.1, -0.05) is 56.6 Å². The molecule has 3 aromatic carbocycles. The quantitative estimate of drug-likeness (QED) is 0.339. The Labute approximate surface area is 198 Å². The van der Waals surface area contributed by atoms with Crippen molar-refractivity contribution in [2.75, 3.05) is 5.32 Å². The van der Waals surface area contributed by atoms with Crippen LogP contribution in [0, 0.1) is 0 Å². The highest BCUT2D eigenvalue weighted by Crippen LogP contribution is 2.31. The Morgan fingerprint density at radius 1 is 0.970 bits per heavy atom. The third kappa shape index (κ3) is 5.04. The van der Waals surface area contributed by atoms with Crippen molar-refractivity contribution in [3.05, 3.63) is 77.3 Å². The first-order valence-corrected chi connectivity index (χ1v) is 11.2. The smallest absolute Gasteiger partial charge is 0.267 e. The van der Waals surface area contributed by atoms with Crippen molar-refractivity contribution in [1.29, 1.82) is 0 Å². The van der Waals surface area contributed by atoms with Crippen LogP contribution >= 0.6 is 11.6 Å². The topological polar surface area (TPSA) is 64.4 Å². The number of anilines is 1. The highest BCUT2D eigenvalue weighted by atomic mass is 35.5. The van der Waals surface area contributed by atoms with Gasteiger partial charge in [0, 0.05) is 5.69 Å². The van der Waals surface area contributed by atoms with Crippen molar-refractivity contribution >= 4 is 34.3 Å². The summed E-state index contributed by atoms with van der Waals surface area (Å²) in [6.45, 7) is 9.95. The molecule has 170 valence electrons. The largest absolute Gasteiger partial charge is 0.478 e. The molecule has 33 heavy (non-hydrogen) atoms. The predicted molar refractivity (Wildman–Crippen MR) is 133 cm³/mol. The number of hydrogen-bond donors (Lipinski definition) is 1. The van der Waals surface area contributed by atoms with Crippen LogP contribution in [0.15, 0.2) is 71.1 Å². The molecule has 0 bridgehead atoms. The van der Waals surface area contributed by atoms with E-state index in [0.29, 0.717) is 39.0 Å². The highest BCUT2D eigenvalue weighted by Gasteiger charge is 2.30. The monoisotopic (exact) mass is 462 g/mol. The minimum atomic E-state index is -1.08. The lowest BCUT2D eigenvalue weighted by Crippen LogP contribution is -2.42. The van der Waals surface area contributed by atoms with E-state index in [1.807, 2.05) is 42.5 Å². The number of fused-ring (bicyclic) bond motifs is 1. The summed E-state index contributed by atoms with van der Waals surface area (Å²) in [6.07, 6.45) is 0. The number of benzene rings is 3. The van der Waals surface area contributed by atoms with Gasteiger partial charge in [0.1, 0.15) is 11.3 Å². The van der Waals surface area contributed by atoms with Gasteiger partial charge in [-0.3, -0.25) is 4.79 Å². The summed E-state index contributed by atoms with van der Waals surface area (Å²) in [7, 11) is 0. The number of ether oxygens (including phenoxy) is 1. The van der Waals surface area contributed by atoms with Crippen LogP contribution in [0.4, 0.5) is 5.69 Å². The van der Waals surface area contributed by atoms with Gasteiger partial charge in [0.25, 0.3) is 5.91 Å². The van der Waals surface area contributed by atoms with Crippen molar-refractivity contribution in [3.8, 4) is 17.2 Å². The number of carbonyl (C=O) groups excluding carboxylic acids is 1. The third-order valence-electron chi connectivity index (χ3n) is 5.39. The van der Waals surface area contributed by atoms with E-state index in [9.17, 15) is 4.79 Å². The molecule has 0 radical (unpaired) electrons. The van der Waals surface area contributed by atoms with Gasteiger partial charge in [-0.25, -0.2) is 4.98 Å². The molecule has 4 aromatic rings. The molecule has 5 nitrogen and oxygen atoms in total. The second-order valence-electron chi connectivity index (χ2n) is 9.52. The van der Waals surface area contributed by atoms with Gasteiger partial charge >= 0.3 is 0 Å². The van der Waals surface area contributed by atoms with Crippen LogP contribution in [0.3, 0.4) is 0 Å². The molecule has 0 spiro atoms. The zero-order chi connectivity index (χ0) is 23.8. The minimum absolute atomic E-state index is 0.0525. The van der Waals surface area contributed by atoms with Crippen molar-refractivity contribution < 1.29 is 13.9 Å². The Balaban J connectivity index is 1.50. The Bertz CT molecular complexity index is 1300. The van der Waals surface area contributed by atoms with Crippen molar-refractivity contribution in [2.45, 2.75) is 45.6 Å². The van der Waals surface area contributed by atoms with Crippen LogP contribution in [0.2, 0.25) is 5.02 Å². The van der Waals surface area contributed by atoms with E-state index in [2.05, 4.69) is 31.1 Å². The molecule has 0 aliphatic rings. The maximum atomic E-state index is 13.0. The first-order chi connectivity index (χ1) is 15.5. The fourth-order valence-corrected chi connectivity index (χ4v) is 3.62. The fourth-order valence-electron chi connectivity index (χ4n) is 3.40. The van der Waals surface area contributed by atoms with Gasteiger partial charge in [-0.2, -0.15) is 0 Å². The standard InChI is InChI=1S/C27H27ClN2O3/c1-26(2,3)17-10-13-19(14-11-17)33-27(4,5)25(31)29-18-12-15-23-22(16-18)30-24(32-23)20-8-6-7-9-21(20)28/h6-16H,1-5H3,(H,29,31). The number of rotatable bonds is 5.